The number of amides is 1. The lowest BCUT2D eigenvalue weighted by atomic mass is 10.2. The highest BCUT2D eigenvalue weighted by Crippen LogP contribution is 2.24. The molecule has 0 saturated heterocycles. The van der Waals surface area contributed by atoms with Crippen molar-refractivity contribution in [2.45, 2.75) is 20.4 Å². The van der Waals surface area contributed by atoms with Gasteiger partial charge in [-0.2, -0.15) is 5.10 Å². The van der Waals surface area contributed by atoms with Crippen LogP contribution in [-0.4, -0.2) is 15.7 Å². The number of carbonyl (C=O) groups excluding carboxylic acids is 1. The van der Waals surface area contributed by atoms with Gasteiger partial charge in [0.25, 0.3) is 5.91 Å². The number of aryl methyl sites for hydroxylation is 1. The average Bonchev–Trinajstić information content (AvgIpc) is 3.03. The molecule has 3 aromatic carbocycles. The van der Waals surface area contributed by atoms with Crippen molar-refractivity contribution in [3.05, 3.63) is 107 Å². The molecule has 0 aliphatic heterocycles. The van der Waals surface area contributed by atoms with Crippen molar-refractivity contribution in [3.63, 3.8) is 0 Å². The summed E-state index contributed by atoms with van der Waals surface area (Å²) in [5, 5.41) is 7.49. The molecule has 4 aromatic rings. The Balaban J connectivity index is 1.50. The van der Waals surface area contributed by atoms with Crippen LogP contribution in [0, 0.1) is 19.7 Å². The van der Waals surface area contributed by atoms with E-state index in [0.717, 1.165) is 11.3 Å². The number of benzene rings is 3. The number of hydrogen-bond donors (Lipinski definition) is 1. The van der Waals surface area contributed by atoms with Gasteiger partial charge in [-0.15, -0.1) is 0 Å². The third kappa shape index (κ3) is 4.80. The van der Waals surface area contributed by atoms with Gasteiger partial charge in [0.15, 0.2) is 0 Å². The maximum absolute atomic E-state index is 13.1. The molecule has 0 atom stereocenters. The predicted octanol–water partition coefficient (Wildman–Crippen LogP) is 5.73. The van der Waals surface area contributed by atoms with Crippen LogP contribution in [0.25, 0.3) is 0 Å². The Morgan fingerprint density at radius 2 is 1.68 bits per heavy atom. The van der Waals surface area contributed by atoms with E-state index >= 15 is 0 Å². The van der Waals surface area contributed by atoms with Crippen LogP contribution >= 0.6 is 0 Å². The summed E-state index contributed by atoms with van der Waals surface area (Å²) >= 11 is 0. The second-order valence-corrected chi connectivity index (χ2v) is 7.23. The first-order valence-electron chi connectivity index (χ1n) is 9.92. The topological polar surface area (TPSA) is 56.2 Å². The molecule has 156 valence electrons. The van der Waals surface area contributed by atoms with Crippen molar-refractivity contribution >= 4 is 11.6 Å². The summed E-state index contributed by atoms with van der Waals surface area (Å²) in [6.07, 6.45) is 0. The number of nitrogens with zero attached hydrogens (tertiary/aromatic N) is 2. The minimum atomic E-state index is -0.274. The van der Waals surface area contributed by atoms with Crippen molar-refractivity contribution in [2.75, 3.05) is 5.32 Å². The minimum absolute atomic E-state index is 0.244. The number of ether oxygens (including phenoxy) is 1. The van der Waals surface area contributed by atoms with Crippen molar-refractivity contribution in [3.8, 4) is 11.5 Å². The van der Waals surface area contributed by atoms with Gasteiger partial charge < -0.3 is 10.1 Å². The smallest absolute Gasteiger partial charge is 0.255 e. The van der Waals surface area contributed by atoms with E-state index in [4.69, 9.17) is 4.74 Å². The third-order valence-electron chi connectivity index (χ3n) is 4.94. The maximum Gasteiger partial charge on any atom is 0.255 e. The molecular formula is C25H22FN3O2. The molecule has 0 fully saturated rings. The van der Waals surface area contributed by atoms with E-state index < -0.39 is 0 Å². The monoisotopic (exact) mass is 415 g/mol. The lowest BCUT2D eigenvalue weighted by Gasteiger charge is -2.09. The van der Waals surface area contributed by atoms with Crippen LogP contribution in [0.2, 0.25) is 0 Å². The van der Waals surface area contributed by atoms with Gasteiger partial charge in [-0.05, 0) is 61.9 Å². The van der Waals surface area contributed by atoms with Crippen LogP contribution in [0.5, 0.6) is 11.5 Å². The maximum atomic E-state index is 13.1. The van der Waals surface area contributed by atoms with Crippen LogP contribution in [-0.2, 0) is 6.54 Å². The summed E-state index contributed by atoms with van der Waals surface area (Å²) in [6.45, 7) is 4.23. The first kappa shape index (κ1) is 20.3. The van der Waals surface area contributed by atoms with Gasteiger partial charge in [0.2, 0.25) is 0 Å². The van der Waals surface area contributed by atoms with Gasteiger partial charge in [-0.3, -0.25) is 9.48 Å². The molecule has 0 radical (unpaired) electrons. The van der Waals surface area contributed by atoms with Gasteiger partial charge in [-0.25, -0.2) is 4.39 Å². The number of aromatic nitrogens is 2. The molecule has 4 rings (SSSR count). The molecule has 0 unspecified atom stereocenters. The van der Waals surface area contributed by atoms with Gasteiger partial charge >= 0.3 is 0 Å². The molecule has 1 aromatic heterocycles. The zero-order chi connectivity index (χ0) is 21.8. The summed E-state index contributed by atoms with van der Waals surface area (Å²) < 4.78 is 20.8. The largest absolute Gasteiger partial charge is 0.457 e. The Morgan fingerprint density at radius 1 is 0.968 bits per heavy atom. The number of para-hydroxylation sites is 1. The van der Waals surface area contributed by atoms with E-state index in [0.29, 0.717) is 35.0 Å². The molecule has 6 heteroatoms. The Morgan fingerprint density at radius 3 is 2.42 bits per heavy atom. The second-order valence-electron chi connectivity index (χ2n) is 7.23. The molecule has 1 amide bonds. The molecule has 0 aliphatic rings. The van der Waals surface area contributed by atoms with Gasteiger partial charge in [0.05, 0.1) is 23.6 Å². The molecule has 0 aliphatic carbocycles. The van der Waals surface area contributed by atoms with E-state index in [1.54, 1.807) is 41.1 Å². The molecule has 5 nitrogen and oxygen atoms in total. The van der Waals surface area contributed by atoms with Crippen LogP contribution in [0.4, 0.5) is 10.1 Å². The highest BCUT2D eigenvalue weighted by atomic mass is 19.1. The van der Waals surface area contributed by atoms with E-state index in [1.165, 1.54) is 12.1 Å². The van der Waals surface area contributed by atoms with E-state index in [1.807, 2.05) is 44.2 Å². The number of carbonyl (C=O) groups is 1. The molecular weight excluding hydrogens is 393 g/mol. The predicted molar refractivity (Wildman–Crippen MR) is 118 cm³/mol. The minimum Gasteiger partial charge on any atom is -0.457 e. The summed E-state index contributed by atoms with van der Waals surface area (Å²) in [6, 6.07) is 22.7. The number of hydrogen-bond acceptors (Lipinski definition) is 3. The fourth-order valence-corrected chi connectivity index (χ4v) is 3.31. The molecule has 31 heavy (non-hydrogen) atoms. The molecule has 1 N–H and O–H groups in total. The lowest BCUT2D eigenvalue weighted by Crippen LogP contribution is -2.13. The summed E-state index contributed by atoms with van der Waals surface area (Å²) in [7, 11) is 0. The Hall–Kier alpha value is -3.93. The van der Waals surface area contributed by atoms with Gasteiger partial charge in [0, 0.05) is 5.56 Å². The zero-order valence-corrected chi connectivity index (χ0v) is 17.3. The number of nitrogens with one attached hydrogen (secondary N) is 1. The Bertz CT molecular complexity index is 1200. The Kier molecular flexibility index (Phi) is 5.80. The van der Waals surface area contributed by atoms with Gasteiger partial charge in [-0.1, -0.05) is 36.4 Å². The van der Waals surface area contributed by atoms with E-state index in [9.17, 15) is 9.18 Å². The first-order chi connectivity index (χ1) is 15.0. The number of anilines is 1. The van der Waals surface area contributed by atoms with E-state index in [-0.39, 0.29) is 11.7 Å². The molecule has 1 heterocycles. The fourth-order valence-electron chi connectivity index (χ4n) is 3.31. The summed E-state index contributed by atoms with van der Waals surface area (Å²) in [5.41, 5.74) is 3.62. The van der Waals surface area contributed by atoms with Gasteiger partial charge in [0.1, 0.15) is 17.3 Å². The van der Waals surface area contributed by atoms with Crippen molar-refractivity contribution in [1.82, 2.24) is 9.78 Å². The quantitative estimate of drug-likeness (QED) is 0.437. The summed E-state index contributed by atoms with van der Waals surface area (Å²) in [4.78, 5) is 12.9. The van der Waals surface area contributed by atoms with Crippen molar-refractivity contribution in [2.24, 2.45) is 0 Å². The number of rotatable bonds is 6. The number of halogens is 1. The average molecular weight is 415 g/mol. The highest BCUT2D eigenvalue weighted by molar-refractivity contribution is 6.05. The lowest BCUT2D eigenvalue weighted by molar-refractivity contribution is 0.102. The van der Waals surface area contributed by atoms with Crippen molar-refractivity contribution in [1.29, 1.82) is 0 Å². The Labute approximate surface area is 180 Å². The molecule has 0 spiro atoms. The second kappa shape index (κ2) is 8.83. The highest BCUT2D eigenvalue weighted by Gasteiger charge is 2.16. The standard InChI is InChI=1S/C25H22FN3O2/c1-17-24(18(2)29(28-17)16-19-11-13-21(26)14-12-19)27-25(30)20-7-6-10-23(15-20)31-22-8-4-3-5-9-22/h3-15H,16H2,1-2H3,(H,27,30). The zero-order valence-electron chi connectivity index (χ0n) is 17.3. The van der Waals surface area contributed by atoms with Crippen LogP contribution < -0.4 is 10.1 Å². The SMILES string of the molecule is Cc1nn(Cc2ccc(F)cc2)c(C)c1NC(=O)c1cccc(Oc2ccccc2)c1. The van der Waals surface area contributed by atoms with Crippen LogP contribution in [0.15, 0.2) is 78.9 Å². The fraction of sp³-hybridized carbons (Fsp3) is 0.120. The normalized spacial score (nSPS) is 10.7. The van der Waals surface area contributed by atoms with E-state index in [2.05, 4.69) is 10.4 Å². The van der Waals surface area contributed by atoms with Crippen LogP contribution in [0.1, 0.15) is 27.3 Å². The van der Waals surface area contributed by atoms with Crippen LogP contribution in [0.3, 0.4) is 0 Å². The molecule has 0 saturated carbocycles. The summed E-state index contributed by atoms with van der Waals surface area (Å²) in [5.74, 6) is 0.766. The molecule has 0 bridgehead atoms. The van der Waals surface area contributed by atoms with Crippen molar-refractivity contribution < 1.29 is 13.9 Å². The first-order valence-corrected chi connectivity index (χ1v) is 9.92. The third-order valence-corrected chi connectivity index (χ3v) is 4.94.